The van der Waals surface area contributed by atoms with Gasteiger partial charge in [0.15, 0.2) is 0 Å². The number of rotatable bonds is 2. The number of nitrogens with two attached hydrogens (primary N) is 1. The van der Waals surface area contributed by atoms with Crippen LogP contribution in [0.4, 0.5) is 11.4 Å². The molecule has 1 aromatic carbocycles. The van der Waals surface area contributed by atoms with E-state index in [1.807, 2.05) is 6.07 Å². The molecule has 0 aliphatic carbocycles. The van der Waals surface area contributed by atoms with Crippen molar-refractivity contribution in [3.63, 3.8) is 0 Å². The third-order valence-electron chi connectivity index (χ3n) is 2.30. The Bertz CT molecular complexity index is 642. The zero-order chi connectivity index (χ0) is 13.1. The van der Waals surface area contributed by atoms with Crippen LogP contribution >= 0.6 is 11.6 Å². The molecular weight excluding hydrogens is 252 g/mol. The maximum absolute atomic E-state index is 11.8. The maximum Gasteiger partial charge on any atom is 0.272 e. The molecule has 1 heterocycles. The summed E-state index contributed by atoms with van der Waals surface area (Å²) < 4.78 is 0. The highest BCUT2D eigenvalue weighted by molar-refractivity contribution is 6.32. The highest BCUT2D eigenvalue weighted by atomic mass is 35.5. The Morgan fingerprint density at radius 2 is 2.22 bits per heavy atom. The average Bonchev–Trinajstić information content (AvgIpc) is 2.76. The van der Waals surface area contributed by atoms with Crippen molar-refractivity contribution < 1.29 is 4.79 Å². The third-order valence-corrected chi connectivity index (χ3v) is 2.61. The Morgan fingerprint density at radius 3 is 2.78 bits per heavy atom. The van der Waals surface area contributed by atoms with Crippen molar-refractivity contribution in [1.82, 2.24) is 4.98 Å². The first-order valence-corrected chi connectivity index (χ1v) is 5.43. The fourth-order valence-electron chi connectivity index (χ4n) is 1.42. The maximum atomic E-state index is 11.8. The number of nitrogen functional groups attached to an aromatic ring is 1. The van der Waals surface area contributed by atoms with Crippen LogP contribution in [0.15, 0.2) is 30.5 Å². The predicted octanol–water partition coefficient (Wildman–Crippen LogP) is 2.37. The van der Waals surface area contributed by atoms with E-state index >= 15 is 0 Å². The van der Waals surface area contributed by atoms with Gasteiger partial charge in [0.1, 0.15) is 11.8 Å². The number of carbonyl (C=O) groups excluding carboxylic acids is 1. The molecule has 4 N–H and O–H groups in total. The molecule has 0 saturated carbocycles. The third kappa shape index (κ3) is 2.44. The van der Waals surface area contributed by atoms with Crippen molar-refractivity contribution in [2.75, 3.05) is 11.1 Å². The molecule has 5 nitrogen and oxygen atoms in total. The molecule has 0 spiro atoms. The quantitative estimate of drug-likeness (QED) is 0.774. The number of aromatic nitrogens is 1. The summed E-state index contributed by atoms with van der Waals surface area (Å²) in [6.07, 6.45) is 1.53. The van der Waals surface area contributed by atoms with E-state index in [0.717, 1.165) is 0 Å². The molecule has 2 rings (SSSR count). The summed E-state index contributed by atoms with van der Waals surface area (Å²) in [6, 6.07) is 8.14. The van der Waals surface area contributed by atoms with Crippen molar-refractivity contribution >= 4 is 28.9 Å². The van der Waals surface area contributed by atoms with Crippen LogP contribution < -0.4 is 11.1 Å². The fourth-order valence-corrected chi connectivity index (χ4v) is 1.65. The first-order chi connectivity index (χ1) is 8.60. The van der Waals surface area contributed by atoms with Crippen LogP contribution in [0.3, 0.4) is 0 Å². The molecule has 0 unspecified atom stereocenters. The second-order valence-corrected chi connectivity index (χ2v) is 4.01. The van der Waals surface area contributed by atoms with E-state index in [1.165, 1.54) is 18.3 Å². The molecule has 0 aliphatic heterocycles. The normalized spacial score (nSPS) is 9.78. The van der Waals surface area contributed by atoms with Crippen molar-refractivity contribution in [2.24, 2.45) is 0 Å². The standard InChI is InChI=1S/C12H9ClN4O/c13-10-4-9(2-1-7(10)5-14)17-12(18)11-3-8(15)6-16-11/h1-4,6,16H,15H2,(H,17,18). The van der Waals surface area contributed by atoms with Crippen LogP contribution in [0, 0.1) is 11.3 Å². The minimum Gasteiger partial charge on any atom is -0.397 e. The fraction of sp³-hybridized carbons (Fsp3) is 0. The van der Waals surface area contributed by atoms with Gasteiger partial charge in [-0.2, -0.15) is 5.26 Å². The summed E-state index contributed by atoms with van der Waals surface area (Å²) in [5.74, 6) is -0.326. The minimum atomic E-state index is -0.326. The number of benzene rings is 1. The van der Waals surface area contributed by atoms with Gasteiger partial charge in [0, 0.05) is 17.6 Å². The molecule has 0 fully saturated rings. The average molecular weight is 261 g/mol. The minimum absolute atomic E-state index is 0.293. The second-order valence-electron chi connectivity index (χ2n) is 3.61. The van der Waals surface area contributed by atoms with E-state index in [2.05, 4.69) is 10.3 Å². The van der Waals surface area contributed by atoms with E-state index in [4.69, 9.17) is 22.6 Å². The van der Waals surface area contributed by atoms with E-state index in [1.54, 1.807) is 12.1 Å². The van der Waals surface area contributed by atoms with Gasteiger partial charge < -0.3 is 16.0 Å². The highest BCUT2D eigenvalue weighted by Crippen LogP contribution is 2.20. The largest absolute Gasteiger partial charge is 0.397 e. The summed E-state index contributed by atoms with van der Waals surface area (Å²) in [6.45, 7) is 0. The Balaban J connectivity index is 2.17. The number of carbonyl (C=O) groups is 1. The molecule has 2 aromatic rings. The molecule has 0 aliphatic rings. The van der Waals surface area contributed by atoms with Crippen molar-refractivity contribution in [2.45, 2.75) is 0 Å². The predicted molar refractivity (Wildman–Crippen MR) is 69.3 cm³/mol. The Morgan fingerprint density at radius 1 is 1.44 bits per heavy atom. The topological polar surface area (TPSA) is 94.7 Å². The number of hydrogen-bond donors (Lipinski definition) is 3. The van der Waals surface area contributed by atoms with Crippen LogP contribution in [0.2, 0.25) is 5.02 Å². The number of nitrogens with zero attached hydrogens (tertiary/aromatic N) is 1. The number of halogens is 1. The van der Waals surface area contributed by atoms with Gasteiger partial charge in [0.2, 0.25) is 0 Å². The van der Waals surface area contributed by atoms with Gasteiger partial charge in [-0.15, -0.1) is 0 Å². The number of amides is 1. The molecule has 0 saturated heterocycles. The molecule has 0 atom stereocenters. The number of nitriles is 1. The zero-order valence-corrected chi connectivity index (χ0v) is 9.95. The van der Waals surface area contributed by atoms with Crippen LogP contribution in [0.5, 0.6) is 0 Å². The van der Waals surface area contributed by atoms with Crippen molar-refractivity contribution in [3.05, 3.63) is 46.7 Å². The first kappa shape index (κ1) is 12.0. The van der Waals surface area contributed by atoms with Gasteiger partial charge in [-0.3, -0.25) is 4.79 Å². The van der Waals surface area contributed by atoms with Gasteiger partial charge in [-0.1, -0.05) is 11.6 Å². The number of hydrogen-bond acceptors (Lipinski definition) is 3. The van der Waals surface area contributed by atoms with Gasteiger partial charge >= 0.3 is 0 Å². The number of nitrogens with one attached hydrogen (secondary N) is 2. The highest BCUT2D eigenvalue weighted by Gasteiger charge is 2.09. The lowest BCUT2D eigenvalue weighted by Gasteiger charge is -2.04. The Labute approximate surface area is 108 Å². The second kappa shape index (κ2) is 4.82. The molecule has 18 heavy (non-hydrogen) atoms. The van der Waals surface area contributed by atoms with E-state index in [0.29, 0.717) is 27.7 Å². The lowest BCUT2D eigenvalue weighted by molar-refractivity contribution is 0.102. The molecule has 90 valence electrons. The van der Waals surface area contributed by atoms with E-state index < -0.39 is 0 Å². The van der Waals surface area contributed by atoms with Gasteiger partial charge in [-0.05, 0) is 24.3 Å². The number of H-pyrrole nitrogens is 1. The molecule has 1 amide bonds. The summed E-state index contributed by atoms with van der Waals surface area (Å²) >= 11 is 5.86. The molecule has 1 aromatic heterocycles. The van der Waals surface area contributed by atoms with E-state index in [-0.39, 0.29) is 5.91 Å². The van der Waals surface area contributed by atoms with Gasteiger partial charge in [0.05, 0.1) is 10.6 Å². The lowest BCUT2D eigenvalue weighted by Crippen LogP contribution is -2.12. The summed E-state index contributed by atoms with van der Waals surface area (Å²) in [5.41, 5.74) is 7.21. The zero-order valence-electron chi connectivity index (χ0n) is 9.20. The monoisotopic (exact) mass is 260 g/mol. The molecule has 0 bridgehead atoms. The Hall–Kier alpha value is -2.45. The van der Waals surface area contributed by atoms with Crippen LogP contribution in [0.25, 0.3) is 0 Å². The SMILES string of the molecule is N#Cc1ccc(NC(=O)c2cc(N)c[nH]2)cc1Cl. The summed E-state index contributed by atoms with van der Waals surface area (Å²) in [5, 5.41) is 11.7. The smallest absolute Gasteiger partial charge is 0.272 e. The van der Waals surface area contributed by atoms with Crippen molar-refractivity contribution in [3.8, 4) is 6.07 Å². The summed E-state index contributed by atoms with van der Waals surface area (Å²) in [4.78, 5) is 14.5. The first-order valence-electron chi connectivity index (χ1n) is 5.05. The van der Waals surface area contributed by atoms with Crippen LogP contribution in [0.1, 0.15) is 16.1 Å². The van der Waals surface area contributed by atoms with Crippen LogP contribution in [-0.2, 0) is 0 Å². The van der Waals surface area contributed by atoms with Gasteiger partial charge in [0.25, 0.3) is 5.91 Å². The molecule has 0 radical (unpaired) electrons. The molecule has 6 heteroatoms. The van der Waals surface area contributed by atoms with Gasteiger partial charge in [-0.25, -0.2) is 0 Å². The lowest BCUT2D eigenvalue weighted by atomic mass is 10.2. The Kier molecular flexibility index (Phi) is 3.22. The molecular formula is C12H9ClN4O. The number of aromatic amines is 1. The van der Waals surface area contributed by atoms with Crippen LogP contribution in [-0.4, -0.2) is 10.9 Å². The number of anilines is 2. The van der Waals surface area contributed by atoms with E-state index in [9.17, 15) is 4.79 Å². The summed E-state index contributed by atoms with van der Waals surface area (Å²) in [7, 11) is 0. The van der Waals surface area contributed by atoms with Crippen molar-refractivity contribution in [1.29, 1.82) is 5.26 Å².